The lowest BCUT2D eigenvalue weighted by molar-refractivity contribution is -0.139. The molecular formula is C25H34N4O4. The third-order valence-electron chi connectivity index (χ3n) is 6.87. The molecule has 2 atom stereocenters. The Kier molecular flexibility index (Phi) is 6.74. The zero-order valence-corrected chi connectivity index (χ0v) is 20.0. The van der Waals surface area contributed by atoms with Gasteiger partial charge in [0.15, 0.2) is 0 Å². The molecule has 3 amide bonds. The van der Waals surface area contributed by atoms with E-state index in [9.17, 15) is 14.4 Å². The van der Waals surface area contributed by atoms with E-state index in [4.69, 9.17) is 4.74 Å². The summed E-state index contributed by atoms with van der Waals surface area (Å²) in [5, 5.41) is 2.99. The van der Waals surface area contributed by atoms with Crippen molar-refractivity contribution in [3.8, 4) is 0 Å². The summed E-state index contributed by atoms with van der Waals surface area (Å²) in [6.07, 6.45) is 2.00. The van der Waals surface area contributed by atoms with E-state index in [-0.39, 0.29) is 30.5 Å². The molecule has 1 saturated carbocycles. The largest absolute Gasteiger partial charge is 0.463 e. The summed E-state index contributed by atoms with van der Waals surface area (Å²) >= 11 is 0. The van der Waals surface area contributed by atoms with Gasteiger partial charge >= 0.3 is 12.0 Å². The first-order chi connectivity index (χ1) is 15.8. The number of carbonyl (C=O) groups excluding carboxylic acids is 3. The van der Waals surface area contributed by atoms with Crippen LogP contribution in [0, 0.1) is 12.8 Å². The lowest BCUT2D eigenvalue weighted by atomic mass is 9.91. The summed E-state index contributed by atoms with van der Waals surface area (Å²) in [5.41, 5.74) is 3.00. The van der Waals surface area contributed by atoms with Gasteiger partial charge in [0.1, 0.15) is 0 Å². The van der Waals surface area contributed by atoms with Crippen LogP contribution in [0.1, 0.15) is 43.9 Å². The van der Waals surface area contributed by atoms with Gasteiger partial charge in [0, 0.05) is 50.9 Å². The quantitative estimate of drug-likeness (QED) is 0.668. The van der Waals surface area contributed by atoms with Gasteiger partial charge in [-0.2, -0.15) is 0 Å². The number of urea groups is 1. The Morgan fingerprint density at radius 3 is 2.55 bits per heavy atom. The molecule has 2 aliphatic heterocycles. The standard InChI is InChI=1S/C25H34N4O4/c1-5-33-24(31)21-20(15-28-12-13-29(17(3)14-28)23(30)18-10-11-18)27(4)25(32)26-22(21)19-9-7-6-8-16(19)2/h6-9,17-18,22H,5,10-15H2,1-4H3,(H,26,32)/t17-,22-/m1/s1. The molecule has 3 aliphatic rings. The highest BCUT2D eigenvalue weighted by Crippen LogP contribution is 2.34. The van der Waals surface area contributed by atoms with Gasteiger partial charge in [-0.05, 0) is 44.7 Å². The number of benzene rings is 1. The second-order valence-electron chi connectivity index (χ2n) is 9.27. The van der Waals surface area contributed by atoms with Crippen molar-refractivity contribution in [2.75, 3.05) is 39.8 Å². The molecule has 0 unspecified atom stereocenters. The van der Waals surface area contributed by atoms with E-state index in [1.807, 2.05) is 36.1 Å². The Balaban J connectivity index is 1.64. The van der Waals surface area contributed by atoms with Gasteiger partial charge in [-0.15, -0.1) is 0 Å². The topological polar surface area (TPSA) is 82.2 Å². The minimum absolute atomic E-state index is 0.0911. The second kappa shape index (κ2) is 9.55. The van der Waals surface area contributed by atoms with Crippen molar-refractivity contribution in [3.05, 3.63) is 46.7 Å². The number of rotatable bonds is 6. The second-order valence-corrected chi connectivity index (χ2v) is 9.27. The predicted molar refractivity (Wildman–Crippen MR) is 124 cm³/mol. The number of hydrogen-bond donors (Lipinski definition) is 1. The number of ether oxygens (including phenoxy) is 1. The number of aryl methyl sites for hydroxylation is 1. The Hall–Kier alpha value is -2.87. The van der Waals surface area contributed by atoms with Crippen LogP contribution in [-0.2, 0) is 14.3 Å². The molecule has 178 valence electrons. The van der Waals surface area contributed by atoms with Crippen LogP contribution in [-0.4, -0.2) is 78.5 Å². The third-order valence-corrected chi connectivity index (χ3v) is 6.87. The van der Waals surface area contributed by atoms with Crippen LogP contribution >= 0.6 is 0 Å². The van der Waals surface area contributed by atoms with Crippen LogP contribution in [0.15, 0.2) is 35.5 Å². The number of esters is 1. The number of nitrogens with one attached hydrogen (secondary N) is 1. The molecule has 1 aromatic rings. The third kappa shape index (κ3) is 4.76. The van der Waals surface area contributed by atoms with Crippen LogP contribution in [0.3, 0.4) is 0 Å². The van der Waals surface area contributed by atoms with Gasteiger partial charge in [-0.3, -0.25) is 14.6 Å². The minimum Gasteiger partial charge on any atom is -0.463 e. The number of nitrogens with zero attached hydrogens (tertiary/aromatic N) is 3. The van der Waals surface area contributed by atoms with E-state index in [1.165, 1.54) is 4.90 Å². The first kappa shape index (κ1) is 23.3. The number of likely N-dealkylation sites (N-methyl/N-ethyl adjacent to an activating group) is 1. The zero-order chi connectivity index (χ0) is 23.7. The van der Waals surface area contributed by atoms with E-state index in [1.54, 1.807) is 14.0 Å². The predicted octanol–water partition coefficient (Wildman–Crippen LogP) is 2.45. The average molecular weight is 455 g/mol. The lowest BCUT2D eigenvalue weighted by Crippen LogP contribution is -2.56. The fourth-order valence-electron chi connectivity index (χ4n) is 4.82. The van der Waals surface area contributed by atoms with Crippen LogP contribution in [0.5, 0.6) is 0 Å². The fourth-order valence-corrected chi connectivity index (χ4v) is 4.82. The van der Waals surface area contributed by atoms with E-state index in [0.717, 1.165) is 24.0 Å². The molecule has 33 heavy (non-hydrogen) atoms. The van der Waals surface area contributed by atoms with E-state index >= 15 is 0 Å². The van der Waals surface area contributed by atoms with Crippen molar-refractivity contribution in [3.63, 3.8) is 0 Å². The maximum absolute atomic E-state index is 13.2. The molecule has 0 spiro atoms. The summed E-state index contributed by atoms with van der Waals surface area (Å²) in [6, 6.07) is 7.03. The van der Waals surface area contributed by atoms with Crippen LogP contribution in [0.4, 0.5) is 4.79 Å². The molecule has 1 aliphatic carbocycles. The molecule has 2 fully saturated rings. The van der Waals surface area contributed by atoms with E-state index in [2.05, 4.69) is 17.1 Å². The van der Waals surface area contributed by atoms with Crippen molar-refractivity contribution >= 4 is 17.9 Å². The first-order valence-corrected chi connectivity index (χ1v) is 11.8. The number of hydrogen-bond acceptors (Lipinski definition) is 5. The van der Waals surface area contributed by atoms with Crippen molar-refractivity contribution < 1.29 is 19.1 Å². The summed E-state index contributed by atoms with van der Waals surface area (Å²) < 4.78 is 5.43. The molecule has 1 saturated heterocycles. The molecule has 2 heterocycles. The van der Waals surface area contributed by atoms with E-state index in [0.29, 0.717) is 37.4 Å². The summed E-state index contributed by atoms with van der Waals surface area (Å²) in [4.78, 5) is 44.4. The van der Waals surface area contributed by atoms with Gasteiger partial charge in [0.25, 0.3) is 0 Å². The first-order valence-electron chi connectivity index (χ1n) is 11.8. The Bertz CT molecular complexity index is 971. The van der Waals surface area contributed by atoms with Crippen molar-refractivity contribution in [1.82, 2.24) is 20.0 Å². The van der Waals surface area contributed by atoms with Crippen molar-refractivity contribution in [2.24, 2.45) is 5.92 Å². The average Bonchev–Trinajstić information content (AvgIpc) is 3.62. The molecule has 0 aromatic heterocycles. The van der Waals surface area contributed by atoms with Crippen LogP contribution in [0.2, 0.25) is 0 Å². The summed E-state index contributed by atoms with van der Waals surface area (Å²) in [5.74, 6) is 0.0609. The van der Waals surface area contributed by atoms with Crippen LogP contribution < -0.4 is 5.32 Å². The molecule has 1 aromatic carbocycles. The highest BCUT2D eigenvalue weighted by atomic mass is 16.5. The van der Waals surface area contributed by atoms with Crippen molar-refractivity contribution in [2.45, 2.75) is 45.7 Å². The smallest absolute Gasteiger partial charge is 0.338 e. The van der Waals surface area contributed by atoms with Gasteiger partial charge < -0.3 is 15.0 Å². The Morgan fingerprint density at radius 2 is 1.91 bits per heavy atom. The summed E-state index contributed by atoms with van der Waals surface area (Å²) in [7, 11) is 1.69. The lowest BCUT2D eigenvalue weighted by Gasteiger charge is -2.42. The number of piperazine rings is 1. The molecule has 8 nitrogen and oxygen atoms in total. The molecule has 0 radical (unpaired) electrons. The van der Waals surface area contributed by atoms with E-state index < -0.39 is 12.0 Å². The zero-order valence-electron chi connectivity index (χ0n) is 20.0. The van der Waals surface area contributed by atoms with Gasteiger partial charge in [-0.25, -0.2) is 9.59 Å². The Morgan fingerprint density at radius 1 is 1.18 bits per heavy atom. The Labute approximate surface area is 195 Å². The van der Waals surface area contributed by atoms with Gasteiger partial charge in [0.05, 0.1) is 18.2 Å². The summed E-state index contributed by atoms with van der Waals surface area (Å²) in [6.45, 7) is 8.58. The molecule has 1 N–H and O–H groups in total. The molecule has 4 rings (SSSR count). The number of carbonyl (C=O) groups is 3. The normalized spacial score (nSPS) is 24.1. The molecule has 8 heteroatoms. The fraction of sp³-hybridized carbons (Fsp3) is 0.560. The molecule has 0 bridgehead atoms. The highest BCUT2D eigenvalue weighted by Gasteiger charge is 2.40. The SMILES string of the molecule is CCOC(=O)C1=C(CN2CCN(C(=O)C3CC3)[C@H](C)C2)N(C)C(=O)N[C@@H]1c1ccccc1C. The number of amides is 3. The van der Waals surface area contributed by atoms with Crippen molar-refractivity contribution in [1.29, 1.82) is 0 Å². The van der Waals surface area contributed by atoms with Gasteiger partial charge in [0.2, 0.25) is 5.91 Å². The van der Waals surface area contributed by atoms with Gasteiger partial charge in [-0.1, -0.05) is 24.3 Å². The highest BCUT2D eigenvalue weighted by molar-refractivity contribution is 5.95. The molecular weight excluding hydrogens is 420 g/mol. The maximum atomic E-state index is 13.2. The monoisotopic (exact) mass is 454 g/mol. The minimum atomic E-state index is -0.570. The van der Waals surface area contributed by atoms with Crippen LogP contribution in [0.25, 0.3) is 0 Å². The maximum Gasteiger partial charge on any atom is 0.338 e.